The molecule has 6 heteroatoms. The van der Waals surface area contributed by atoms with E-state index in [1.54, 1.807) is 30.3 Å². The molecule has 0 aliphatic carbocycles. The van der Waals surface area contributed by atoms with Gasteiger partial charge in [-0.2, -0.15) is 0 Å². The lowest BCUT2D eigenvalue weighted by molar-refractivity contribution is -0.118. The van der Waals surface area contributed by atoms with Crippen LogP contribution in [-0.2, 0) is 17.9 Å². The molecule has 3 rings (SSSR count). The van der Waals surface area contributed by atoms with Crippen molar-refractivity contribution in [1.29, 1.82) is 0 Å². The molecule has 0 spiro atoms. The van der Waals surface area contributed by atoms with E-state index in [1.165, 1.54) is 12.1 Å². The molecule has 0 aliphatic heterocycles. The SMILES string of the molecule is Cc1ccc(NC(=O)COc2ccc(Cl)cc2CNCc2ccc(F)cc2)cc1. The number of aryl methyl sites for hydroxylation is 1. The number of halogens is 2. The number of anilines is 1. The van der Waals surface area contributed by atoms with Crippen LogP contribution >= 0.6 is 11.6 Å². The maximum atomic E-state index is 13.0. The van der Waals surface area contributed by atoms with Gasteiger partial charge >= 0.3 is 0 Å². The first kappa shape index (κ1) is 20.8. The lowest BCUT2D eigenvalue weighted by atomic mass is 10.2. The van der Waals surface area contributed by atoms with Gasteiger partial charge in [0.25, 0.3) is 5.91 Å². The van der Waals surface area contributed by atoms with Gasteiger partial charge in [-0.1, -0.05) is 41.4 Å². The number of hydrogen-bond acceptors (Lipinski definition) is 3. The van der Waals surface area contributed by atoms with Crippen LogP contribution in [-0.4, -0.2) is 12.5 Å². The van der Waals surface area contributed by atoms with Crippen LogP contribution in [0.15, 0.2) is 66.7 Å². The molecule has 0 heterocycles. The molecule has 0 saturated heterocycles. The summed E-state index contributed by atoms with van der Waals surface area (Å²) in [5, 5.41) is 6.66. The van der Waals surface area contributed by atoms with Crippen molar-refractivity contribution < 1.29 is 13.9 Å². The van der Waals surface area contributed by atoms with Crippen LogP contribution in [0.2, 0.25) is 5.02 Å². The van der Waals surface area contributed by atoms with Crippen LogP contribution in [0.4, 0.5) is 10.1 Å². The molecular weight excluding hydrogens is 391 g/mol. The van der Waals surface area contributed by atoms with Gasteiger partial charge in [-0.15, -0.1) is 0 Å². The zero-order chi connectivity index (χ0) is 20.6. The minimum atomic E-state index is -0.261. The lowest BCUT2D eigenvalue weighted by Gasteiger charge is -2.13. The third kappa shape index (κ3) is 6.59. The maximum Gasteiger partial charge on any atom is 0.262 e. The Morgan fingerprint density at radius 1 is 1.00 bits per heavy atom. The highest BCUT2D eigenvalue weighted by atomic mass is 35.5. The quantitative estimate of drug-likeness (QED) is 0.541. The second-order valence-electron chi connectivity index (χ2n) is 6.68. The molecule has 3 aromatic carbocycles. The minimum Gasteiger partial charge on any atom is -0.483 e. The number of hydrogen-bond donors (Lipinski definition) is 2. The number of carbonyl (C=O) groups is 1. The summed E-state index contributed by atoms with van der Waals surface area (Å²) in [5.74, 6) is 0.0808. The van der Waals surface area contributed by atoms with E-state index in [0.29, 0.717) is 23.9 Å². The van der Waals surface area contributed by atoms with E-state index in [2.05, 4.69) is 10.6 Å². The van der Waals surface area contributed by atoms with Crippen LogP contribution < -0.4 is 15.4 Å². The van der Waals surface area contributed by atoms with Crippen LogP contribution in [0.1, 0.15) is 16.7 Å². The Bertz CT molecular complexity index is 960. The fraction of sp³-hybridized carbons (Fsp3) is 0.174. The summed E-state index contributed by atoms with van der Waals surface area (Å²) < 4.78 is 18.7. The van der Waals surface area contributed by atoms with Gasteiger partial charge in [-0.3, -0.25) is 4.79 Å². The van der Waals surface area contributed by atoms with E-state index < -0.39 is 0 Å². The molecule has 4 nitrogen and oxygen atoms in total. The average Bonchev–Trinajstić information content (AvgIpc) is 2.70. The molecule has 2 N–H and O–H groups in total. The van der Waals surface area contributed by atoms with E-state index >= 15 is 0 Å². The van der Waals surface area contributed by atoms with E-state index in [-0.39, 0.29) is 18.3 Å². The Labute approximate surface area is 174 Å². The van der Waals surface area contributed by atoms with Crippen molar-refractivity contribution in [3.05, 3.63) is 94.3 Å². The van der Waals surface area contributed by atoms with Crippen molar-refractivity contribution in [2.24, 2.45) is 0 Å². The van der Waals surface area contributed by atoms with Crippen molar-refractivity contribution >= 4 is 23.2 Å². The summed E-state index contributed by atoms with van der Waals surface area (Å²) >= 11 is 6.11. The number of benzene rings is 3. The van der Waals surface area contributed by atoms with Crippen LogP contribution in [0.3, 0.4) is 0 Å². The van der Waals surface area contributed by atoms with Crippen molar-refractivity contribution in [2.45, 2.75) is 20.0 Å². The molecule has 0 bridgehead atoms. The number of amides is 1. The fourth-order valence-electron chi connectivity index (χ4n) is 2.75. The van der Waals surface area contributed by atoms with Gasteiger partial charge in [0.2, 0.25) is 0 Å². The van der Waals surface area contributed by atoms with Crippen LogP contribution in [0.25, 0.3) is 0 Å². The molecule has 0 saturated carbocycles. The van der Waals surface area contributed by atoms with E-state index in [0.717, 1.165) is 22.4 Å². The normalized spacial score (nSPS) is 10.6. The highest BCUT2D eigenvalue weighted by Crippen LogP contribution is 2.23. The zero-order valence-corrected chi connectivity index (χ0v) is 16.8. The third-order valence-corrected chi connectivity index (χ3v) is 4.51. The van der Waals surface area contributed by atoms with Crippen LogP contribution in [0.5, 0.6) is 5.75 Å². The molecule has 0 radical (unpaired) electrons. The number of carbonyl (C=O) groups excluding carboxylic acids is 1. The van der Waals surface area contributed by atoms with Crippen molar-refractivity contribution in [2.75, 3.05) is 11.9 Å². The predicted octanol–water partition coefficient (Wildman–Crippen LogP) is 5.09. The lowest BCUT2D eigenvalue weighted by Crippen LogP contribution is -2.21. The molecule has 0 unspecified atom stereocenters. The Hall–Kier alpha value is -2.89. The summed E-state index contributed by atoms with van der Waals surface area (Å²) in [7, 11) is 0. The van der Waals surface area contributed by atoms with Crippen molar-refractivity contribution in [3.63, 3.8) is 0 Å². The topological polar surface area (TPSA) is 50.4 Å². The first-order chi connectivity index (χ1) is 14.0. The van der Waals surface area contributed by atoms with Gasteiger partial charge in [-0.25, -0.2) is 4.39 Å². The van der Waals surface area contributed by atoms with E-state index in [9.17, 15) is 9.18 Å². The number of rotatable bonds is 8. The summed E-state index contributed by atoms with van der Waals surface area (Å²) in [5.41, 5.74) is 3.65. The second-order valence-corrected chi connectivity index (χ2v) is 7.12. The smallest absolute Gasteiger partial charge is 0.262 e. The highest BCUT2D eigenvalue weighted by molar-refractivity contribution is 6.30. The molecule has 0 aliphatic rings. The fourth-order valence-corrected chi connectivity index (χ4v) is 2.94. The Morgan fingerprint density at radius 3 is 2.45 bits per heavy atom. The molecule has 3 aromatic rings. The Balaban J connectivity index is 1.55. The second kappa shape index (κ2) is 10.0. The van der Waals surface area contributed by atoms with Gasteiger partial charge in [0, 0.05) is 29.4 Å². The van der Waals surface area contributed by atoms with Gasteiger partial charge < -0.3 is 15.4 Å². The van der Waals surface area contributed by atoms with Gasteiger partial charge in [0.1, 0.15) is 11.6 Å². The minimum absolute atomic E-state index is 0.111. The molecule has 29 heavy (non-hydrogen) atoms. The predicted molar refractivity (Wildman–Crippen MR) is 114 cm³/mol. The third-order valence-electron chi connectivity index (χ3n) is 4.27. The van der Waals surface area contributed by atoms with Gasteiger partial charge in [0.15, 0.2) is 6.61 Å². The Kier molecular flexibility index (Phi) is 7.22. The molecule has 150 valence electrons. The van der Waals surface area contributed by atoms with Gasteiger partial charge in [-0.05, 0) is 55.0 Å². The first-order valence-corrected chi connectivity index (χ1v) is 9.60. The van der Waals surface area contributed by atoms with Crippen LogP contribution in [0, 0.1) is 12.7 Å². The Morgan fingerprint density at radius 2 is 1.72 bits per heavy atom. The summed E-state index contributed by atoms with van der Waals surface area (Å²) in [6.45, 7) is 2.94. The summed E-state index contributed by atoms with van der Waals surface area (Å²) in [6.07, 6.45) is 0. The zero-order valence-electron chi connectivity index (χ0n) is 16.0. The summed E-state index contributed by atoms with van der Waals surface area (Å²) in [6, 6.07) is 19.1. The number of nitrogens with one attached hydrogen (secondary N) is 2. The average molecular weight is 413 g/mol. The highest BCUT2D eigenvalue weighted by Gasteiger charge is 2.09. The largest absolute Gasteiger partial charge is 0.483 e. The van der Waals surface area contributed by atoms with Crippen molar-refractivity contribution in [1.82, 2.24) is 5.32 Å². The molecular formula is C23H22ClFN2O2. The molecule has 0 atom stereocenters. The molecule has 0 aromatic heterocycles. The summed E-state index contributed by atoms with van der Waals surface area (Å²) in [4.78, 5) is 12.2. The standard InChI is InChI=1S/C23H22ClFN2O2/c1-16-2-9-21(10-3-16)27-23(28)15-29-22-11-6-19(24)12-18(22)14-26-13-17-4-7-20(25)8-5-17/h2-12,26H,13-15H2,1H3,(H,27,28). The molecule has 1 amide bonds. The first-order valence-electron chi connectivity index (χ1n) is 9.22. The van der Waals surface area contributed by atoms with E-state index in [4.69, 9.17) is 16.3 Å². The monoisotopic (exact) mass is 412 g/mol. The maximum absolute atomic E-state index is 13.0. The van der Waals surface area contributed by atoms with Crippen molar-refractivity contribution in [3.8, 4) is 5.75 Å². The van der Waals surface area contributed by atoms with Gasteiger partial charge in [0.05, 0.1) is 0 Å². The van der Waals surface area contributed by atoms with E-state index in [1.807, 2.05) is 31.2 Å². The molecule has 0 fully saturated rings. The number of ether oxygens (including phenoxy) is 1.